The van der Waals surface area contributed by atoms with Gasteiger partial charge >= 0.3 is 7.60 Å². The number of rotatable bonds is 10. The Hall–Kier alpha value is -1.58. The summed E-state index contributed by atoms with van der Waals surface area (Å²) in [5, 5.41) is 3.07. The first-order valence-corrected chi connectivity index (χ1v) is 13.0. The number of benzene rings is 1. The Labute approximate surface area is 168 Å². The third-order valence-electron chi connectivity index (χ3n) is 3.52. The van der Waals surface area contributed by atoms with Gasteiger partial charge in [-0.15, -0.1) is 11.3 Å². The highest BCUT2D eigenvalue weighted by atomic mass is 32.2. The fourth-order valence-corrected chi connectivity index (χ4v) is 5.85. The van der Waals surface area contributed by atoms with Crippen molar-refractivity contribution in [3.05, 3.63) is 40.9 Å². The molecule has 1 heterocycles. The summed E-state index contributed by atoms with van der Waals surface area (Å²) in [7, 11) is -6.50. The molecule has 0 unspecified atom stereocenters. The van der Waals surface area contributed by atoms with E-state index in [4.69, 9.17) is 9.05 Å². The summed E-state index contributed by atoms with van der Waals surface area (Å²) in [5.41, 5.74) is 0.680. The number of hydrogen-bond acceptors (Lipinski definition) is 8. The topological polar surface area (TPSA) is 112 Å². The van der Waals surface area contributed by atoms with E-state index in [1.54, 1.807) is 26.0 Å². The molecule has 0 saturated heterocycles. The third kappa shape index (κ3) is 6.79. The molecule has 154 valence electrons. The largest absolute Gasteiger partial charge is 0.335 e. The molecular formula is C17H23N2O6PS2. The van der Waals surface area contributed by atoms with Crippen LogP contribution >= 0.6 is 18.9 Å². The van der Waals surface area contributed by atoms with Crippen LogP contribution in [0.15, 0.2) is 35.4 Å². The summed E-state index contributed by atoms with van der Waals surface area (Å²) in [5.74, 6) is -0.286. The van der Waals surface area contributed by atoms with Crippen LogP contribution in [0, 0.1) is 0 Å². The van der Waals surface area contributed by atoms with E-state index < -0.39 is 17.4 Å². The number of carbonyl (C=O) groups excluding carboxylic acids is 1. The lowest BCUT2D eigenvalue weighted by Crippen LogP contribution is -2.14. The lowest BCUT2D eigenvalue weighted by Gasteiger charge is -2.15. The molecule has 1 amide bonds. The molecule has 11 heteroatoms. The van der Waals surface area contributed by atoms with Crippen LogP contribution in [0.2, 0.25) is 0 Å². The summed E-state index contributed by atoms with van der Waals surface area (Å²) >= 11 is 1.20. The van der Waals surface area contributed by atoms with Gasteiger partial charge in [-0.1, -0.05) is 12.1 Å². The molecule has 0 radical (unpaired) electrons. The van der Waals surface area contributed by atoms with Crippen molar-refractivity contribution < 1.29 is 26.8 Å². The lowest BCUT2D eigenvalue weighted by atomic mass is 10.1. The fourth-order valence-electron chi connectivity index (χ4n) is 2.35. The van der Waals surface area contributed by atoms with Crippen molar-refractivity contribution in [2.75, 3.05) is 24.8 Å². The van der Waals surface area contributed by atoms with Crippen LogP contribution in [-0.2, 0) is 40.8 Å². The van der Waals surface area contributed by atoms with Gasteiger partial charge in [-0.2, -0.15) is 0 Å². The Bertz CT molecular complexity index is 946. The molecule has 0 bridgehead atoms. The summed E-state index contributed by atoms with van der Waals surface area (Å²) < 4.78 is 46.0. The van der Waals surface area contributed by atoms with Gasteiger partial charge in [0.05, 0.1) is 30.7 Å². The zero-order valence-electron chi connectivity index (χ0n) is 15.9. The SMILES string of the molecule is CCOP(=O)(Cc1cnc(NC(=O)Cc2ccc(S(C)(=O)=O)cc2)s1)OCC. The number of sulfone groups is 1. The van der Waals surface area contributed by atoms with Gasteiger partial charge in [-0.05, 0) is 31.5 Å². The molecule has 1 aromatic carbocycles. The van der Waals surface area contributed by atoms with E-state index in [-0.39, 0.29) is 36.6 Å². The Kier molecular flexibility index (Phi) is 7.91. The molecule has 8 nitrogen and oxygen atoms in total. The molecular weight excluding hydrogens is 423 g/mol. The molecule has 0 aliphatic rings. The molecule has 2 rings (SSSR count). The molecule has 28 heavy (non-hydrogen) atoms. The monoisotopic (exact) mass is 446 g/mol. The van der Waals surface area contributed by atoms with Gasteiger partial charge in [0, 0.05) is 17.3 Å². The van der Waals surface area contributed by atoms with E-state index in [1.165, 1.54) is 29.7 Å². The quantitative estimate of drug-likeness (QED) is 0.556. The number of thiazole rings is 1. The van der Waals surface area contributed by atoms with Crippen molar-refractivity contribution in [3.8, 4) is 0 Å². The second kappa shape index (κ2) is 9.76. The first-order chi connectivity index (χ1) is 13.1. The van der Waals surface area contributed by atoms with Gasteiger partial charge in [0.15, 0.2) is 15.0 Å². The molecule has 1 aromatic heterocycles. The minimum Gasteiger partial charge on any atom is -0.309 e. The first-order valence-electron chi connectivity index (χ1n) is 8.57. The van der Waals surface area contributed by atoms with Gasteiger partial charge in [-0.3, -0.25) is 9.36 Å². The number of anilines is 1. The molecule has 2 aromatic rings. The first kappa shape index (κ1) is 22.7. The molecule has 0 spiro atoms. The average Bonchev–Trinajstić information content (AvgIpc) is 3.01. The average molecular weight is 446 g/mol. The van der Waals surface area contributed by atoms with Crippen molar-refractivity contribution in [2.24, 2.45) is 0 Å². The minimum absolute atomic E-state index is 0.0787. The lowest BCUT2D eigenvalue weighted by molar-refractivity contribution is -0.115. The maximum atomic E-state index is 12.6. The van der Waals surface area contributed by atoms with Gasteiger partial charge in [0.2, 0.25) is 5.91 Å². The van der Waals surface area contributed by atoms with Crippen LogP contribution in [0.1, 0.15) is 24.3 Å². The van der Waals surface area contributed by atoms with Crippen LogP contribution in [0.5, 0.6) is 0 Å². The summed E-state index contributed by atoms with van der Waals surface area (Å²) in [6.45, 7) is 4.04. The van der Waals surface area contributed by atoms with Crippen LogP contribution in [0.3, 0.4) is 0 Å². The smallest absolute Gasteiger partial charge is 0.309 e. The summed E-state index contributed by atoms with van der Waals surface area (Å²) in [6, 6.07) is 6.14. The molecule has 0 aliphatic heterocycles. The van der Waals surface area contributed by atoms with Crippen LogP contribution in [-0.4, -0.2) is 38.8 Å². The third-order valence-corrected chi connectivity index (χ3v) is 7.80. The second-order valence-corrected chi connectivity index (χ2v) is 11.1. The van der Waals surface area contributed by atoms with E-state index >= 15 is 0 Å². The van der Waals surface area contributed by atoms with E-state index in [0.717, 1.165) is 6.26 Å². The minimum atomic E-state index is -3.27. The zero-order valence-corrected chi connectivity index (χ0v) is 18.4. The number of amides is 1. The molecule has 0 saturated carbocycles. The highest BCUT2D eigenvalue weighted by molar-refractivity contribution is 7.90. The van der Waals surface area contributed by atoms with E-state index in [1.807, 2.05) is 0 Å². The van der Waals surface area contributed by atoms with E-state index in [2.05, 4.69) is 10.3 Å². The second-order valence-electron chi connectivity index (χ2n) is 5.88. The normalized spacial score (nSPS) is 12.1. The molecule has 0 aliphatic carbocycles. The number of aromatic nitrogens is 1. The number of nitrogens with one attached hydrogen (secondary N) is 1. The van der Waals surface area contributed by atoms with Gasteiger partial charge < -0.3 is 14.4 Å². The van der Waals surface area contributed by atoms with Crippen LogP contribution < -0.4 is 5.32 Å². The van der Waals surface area contributed by atoms with E-state index in [9.17, 15) is 17.8 Å². The Morgan fingerprint density at radius 2 is 1.79 bits per heavy atom. The van der Waals surface area contributed by atoms with Crippen molar-refractivity contribution in [1.82, 2.24) is 4.98 Å². The number of hydrogen-bond donors (Lipinski definition) is 1. The van der Waals surface area contributed by atoms with Crippen molar-refractivity contribution in [3.63, 3.8) is 0 Å². The Morgan fingerprint density at radius 3 is 2.32 bits per heavy atom. The van der Waals surface area contributed by atoms with Gasteiger partial charge in [0.25, 0.3) is 0 Å². The predicted octanol–water partition coefficient (Wildman–Crippen LogP) is 3.49. The highest BCUT2D eigenvalue weighted by Gasteiger charge is 2.25. The Balaban J connectivity index is 1.97. The van der Waals surface area contributed by atoms with Crippen LogP contribution in [0.25, 0.3) is 0 Å². The van der Waals surface area contributed by atoms with Crippen molar-refractivity contribution >= 4 is 39.8 Å². The molecule has 0 atom stereocenters. The summed E-state index contributed by atoms with van der Waals surface area (Å²) in [4.78, 5) is 17.2. The zero-order chi connectivity index (χ0) is 20.8. The standard InChI is InChI=1S/C17H23N2O6PS2/c1-4-24-26(21,25-5-2)12-14-11-18-17(27-14)19-16(20)10-13-6-8-15(9-7-13)28(3,22)23/h6-9,11H,4-5,10,12H2,1-3H3,(H,18,19,20). The van der Waals surface area contributed by atoms with Gasteiger partial charge in [0.1, 0.15) is 0 Å². The van der Waals surface area contributed by atoms with Crippen molar-refractivity contribution in [1.29, 1.82) is 0 Å². The maximum Gasteiger partial charge on any atom is 0.335 e. The van der Waals surface area contributed by atoms with E-state index in [0.29, 0.717) is 15.6 Å². The Morgan fingerprint density at radius 1 is 1.18 bits per heavy atom. The number of nitrogens with zero attached hydrogens (tertiary/aromatic N) is 1. The maximum absolute atomic E-state index is 12.6. The van der Waals surface area contributed by atoms with Crippen molar-refractivity contribution in [2.45, 2.75) is 31.3 Å². The summed E-state index contributed by atoms with van der Waals surface area (Å²) in [6.07, 6.45) is 2.83. The molecule has 1 N–H and O–H groups in total. The van der Waals surface area contributed by atoms with Gasteiger partial charge in [-0.25, -0.2) is 13.4 Å². The number of carbonyl (C=O) groups is 1. The fraction of sp³-hybridized carbons (Fsp3) is 0.412. The molecule has 0 fully saturated rings. The van der Waals surface area contributed by atoms with Crippen LogP contribution in [0.4, 0.5) is 5.13 Å². The predicted molar refractivity (Wildman–Crippen MR) is 109 cm³/mol. The highest BCUT2D eigenvalue weighted by Crippen LogP contribution is 2.52.